The number of nitrogen functional groups attached to an aromatic ring is 1. The van der Waals surface area contributed by atoms with Gasteiger partial charge in [0.25, 0.3) is 0 Å². The fourth-order valence-corrected chi connectivity index (χ4v) is 1.19. The van der Waals surface area contributed by atoms with Gasteiger partial charge in [-0.2, -0.15) is 13.2 Å². The Morgan fingerprint density at radius 1 is 1.25 bits per heavy atom. The molecule has 1 aromatic heterocycles. The fraction of sp³-hybridized carbons (Fsp3) is 0.556. The Labute approximate surface area is 91.1 Å². The molecule has 0 unspecified atom stereocenters. The number of nitrogens with two attached hydrogens (primary N) is 1. The summed E-state index contributed by atoms with van der Waals surface area (Å²) < 4.78 is 36.0. The third kappa shape index (κ3) is 3.34. The number of hydrogen-bond acceptors (Lipinski definition) is 4. The van der Waals surface area contributed by atoms with Crippen molar-refractivity contribution >= 4 is 5.82 Å². The molecule has 3 N–H and O–H groups in total. The van der Waals surface area contributed by atoms with Crippen LogP contribution in [0.25, 0.3) is 0 Å². The van der Waals surface area contributed by atoms with Gasteiger partial charge in [0.15, 0.2) is 0 Å². The third-order valence-electron chi connectivity index (χ3n) is 2.20. The minimum atomic E-state index is -4.20. The lowest BCUT2D eigenvalue weighted by Gasteiger charge is -2.10. The number of aryl methyl sites for hydroxylation is 2. The van der Waals surface area contributed by atoms with Crippen molar-refractivity contribution in [2.24, 2.45) is 5.84 Å². The van der Waals surface area contributed by atoms with Gasteiger partial charge < -0.3 is 5.43 Å². The van der Waals surface area contributed by atoms with Crippen molar-refractivity contribution in [2.45, 2.75) is 32.9 Å². The molecular formula is C9H13F3N4. The van der Waals surface area contributed by atoms with Crippen molar-refractivity contribution in [3.8, 4) is 0 Å². The average Bonchev–Trinajstić information content (AvgIpc) is 2.18. The van der Waals surface area contributed by atoms with Crippen LogP contribution in [-0.4, -0.2) is 16.1 Å². The molecule has 0 amide bonds. The van der Waals surface area contributed by atoms with E-state index in [0.717, 1.165) is 5.56 Å². The first-order chi connectivity index (χ1) is 7.33. The van der Waals surface area contributed by atoms with Crippen molar-refractivity contribution in [3.63, 3.8) is 0 Å². The summed E-state index contributed by atoms with van der Waals surface area (Å²) in [6, 6.07) is 0. The van der Waals surface area contributed by atoms with Crippen molar-refractivity contribution in [1.82, 2.24) is 9.97 Å². The van der Waals surface area contributed by atoms with Crippen molar-refractivity contribution in [2.75, 3.05) is 5.43 Å². The zero-order valence-electron chi connectivity index (χ0n) is 9.02. The summed E-state index contributed by atoms with van der Waals surface area (Å²) in [7, 11) is 0. The quantitative estimate of drug-likeness (QED) is 0.619. The van der Waals surface area contributed by atoms with Crippen molar-refractivity contribution < 1.29 is 13.2 Å². The second-order valence-electron chi connectivity index (χ2n) is 3.46. The molecule has 0 fully saturated rings. The number of rotatable bonds is 3. The fourth-order valence-electron chi connectivity index (χ4n) is 1.19. The highest BCUT2D eigenvalue weighted by Crippen LogP contribution is 2.22. The summed E-state index contributed by atoms with van der Waals surface area (Å²) in [6.45, 7) is 3.45. The molecule has 0 saturated carbocycles. The van der Waals surface area contributed by atoms with Crippen LogP contribution in [0.3, 0.4) is 0 Å². The molecular weight excluding hydrogens is 221 g/mol. The van der Waals surface area contributed by atoms with Gasteiger partial charge in [-0.25, -0.2) is 15.8 Å². The summed E-state index contributed by atoms with van der Waals surface area (Å²) in [6.07, 6.45) is -5.36. The number of halogens is 3. The second-order valence-corrected chi connectivity index (χ2v) is 3.46. The zero-order chi connectivity index (χ0) is 12.3. The lowest BCUT2D eigenvalue weighted by molar-refractivity contribution is -0.134. The zero-order valence-corrected chi connectivity index (χ0v) is 9.02. The third-order valence-corrected chi connectivity index (χ3v) is 2.20. The number of hydrogen-bond donors (Lipinski definition) is 2. The van der Waals surface area contributed by atoms with Crippen LogP contribution < -0.4 is 11.3 Å². The van der Waals surface area contributed by atoms with Crippen LogP contribution >= 0.6 is 0 Å². The highest BCUT2D eigenvalue weighted by molar-refractivity contribution is 5.44. The largest absolute Gasteiger partial charge is 0.389 e. The molecule has 16 heavy (non-hydrogen) atoms. The molecule has 0 aliphatic carbocycles. The Bertz CT molecular complexity index is 376. The molecule has 1 rings (SSSR count). The molecule has 0 saturated heterocycles. The molecule has 1 aromatic rings. The van der Waals surface area contributed by atoms with E-state index < -0.39 is 12.6 Å². The summed E-state index contributed by atoms with van der Waals surface area (Å²) >= 11 is 0. The maximum Gasteiger partial charge on any atom is 0.389 e. The molecule has 0 spiro atoms. The van der Waals surface area contributed by atoms with Gasteiger partial charge in [-0.05, 0) is 13.8 Å². The van der Waals surface area contributed by atoms with Gasteiger partial charge >= 0.3 is 6.18 Å². The molecule has 0 radical (unpaired) electrons. The predicted molar refractivity (Wildman–Crippen MR) is 53.7 cm³/mol. The van der Waals surface area contributed by atoms with Gasteiger partial charge in [-0.15, -0.1) is 0 Å². The van der Waals surface area contributed by atoms with E-state index in [4.69, 9.17) is 5.84 Å². The van der Waals surface area contributed by atoms with Crippen molar-refractivity contribution in [1.29, 1.82) is 0 Å². The van der Waals surface area contributed by atoms with Crippen LogP contribution in [0.5, 0.6) is 0 Å². The summed E-state index contributed by atoms with van der Waals surface area (Å²) in [4.78, 5) is 7.89. The molecule has 0 bridgehead atoms. The van der Waals surface area contributed by atoms with Gasteiger partial charge in [-0.3, -0.25) is 0 Å². The number of anilines is 1. The highest BCUT2D eigenvalue weighted by atomic mass is 19.4. The first kappa shape index (κ1) is 12.7. The van der Waals surface area contributed by atoms with E-state index in [1.54, 1.807) is 13.8 Å². The van der Waals surface area contributed by atoms with Crippen LogP contribution in [0.4, 0.5) is 19.0 Å². The maximum absolute atomic E-state index is 12.0. The van der Waals surface area contributed by atoms with Gasteiger partial charge in [0.1, 0.15) is 11.6 Å². The lowest BCUT2D eigenvalue weighted by Crippen LogP contribution is -2.15. The molecule has 0 aliphatic rings. The van der Waals surface area contributed by atoms with E-state index in [-0.39, 0.29) is 12.2 Å². The van der Waals surface area contributed by atoms with Gasteiger partial charge in [-0.1, -0.05) is 0 Å². The number of aromatic nitrogens is 2. The van der Waals surface area contributed by atoms with E-state index in [9.17, 15) is 13.2 Å². The molecule has 0 atom stereocenters. The molecule has 90 valence electrons. The second kappa shape index (κ2) is 4.65. The Morgan fingerprint density at radius 3 is 2.38 bits per heavy atom. The number of alkyl halides is 3. The van der Waals surface area contributed by atoms with E-state index in [1.165, 1.54) is 0 Å². The molecule has 0 aromatic carbocycles. The topological polar surface area (TPSA) is 63.8 Å². The smallest absolute Gasteiger partial charge is 0.308 e. The first-order valence-corrected chi connectivity index (χ1v) is 4.71. The van der Waals surface area contributed by atoms with Crippen molar-refractivity contribution in [3.05, 3.63) is 17.1 Å². The van der Waals surface area contributed by atoms with Crippen LogP contribution in [0.15, 0.2) is 0 Å². The molecule has 7 heteroatoms. The lowest BCUT2D eigenvalue weighted by atomic mass is 10.2. The summed E-state index contributed by atoms with van der Waals surface area (Å²) in [5.74, 6) is 5.72. The van der Waals surface area contributed by atoms with E-state index >= 15 is 0 Å². The molecule has 0 aliphatic heterocycles. The summed E-state index contributed by atoms with van der Waals surface area (Å²) in [5, 5.41) is 0. The average molecular weight is 234 g/mol. The van der Waals surface area contributed by atoms with Gasteiger partial charge in [0.2, 0.25) is 0 Å². The molecule has 4 nitrogen and oxygen atoms in total. The Hall–Kier alpha value is -1.37. The number of hydrazine groups is 1. The maximum atomic E-state index is 12.0. The highest BCUT2D eigenvalue weighted by Gasteiger charge is 2.27. The van der Waals surface area contributed by atoms with E-state index in [0.29, 0.717) is 11.5 Å². The first-order valence-electron chi connectivity index (χ1n) is 4.71. The van der Waals surface area contributed by atoms with Crippen LogP contribution in [0.1, 0.15) is 23.5 Å². The monoisotopic (exact) mass is 234 g/mol. The summed E-state index contributed by atoms with van der Waals surface area (Å²) in [5.41, 5.74) is 3.70. The van der Waals surface area contributed by atoms with Crippen LogP contribution in [-0.2, 0) is 6.42 Å². The van der Waals surface area contributed by atoms with Gasteiger partial charge in [0.05, 0.1) is 6.42 Å². The minimum Gasteiger partial charge on any atom is -0.308 e. The van der Waals surface area contributed by atoms with Gasteiger partial charge in [0, 0.05) is 17.7 Å². The standard InChI is InChI=1S/C9H13F3N4/c1-5-6(2)14-7(15-8(5)16-13)3-4-9(10,11)12/h3-4,13H2,1-2H3,(H,14,15,16). The number of nitrogens with zero attached hydrogens (tertiary/aromatic N) is 2. The Morgan fingerprint density at radius 2 is 1.88 bits per heavy atom. The predicted octanol–water partition coefficient (Wildman–Crippen LogP) is 1.87. The minimum absolute atomic E-state index is 0.147. The van der Waals surface area contributed by atoms with E-state index in [2.05, 4.69) is 15.4 Å². The Kier molecular flexibility index (Phi) is 3.69. The SMILES string of the molecule is Cc1nc(CCC(F)(F)F)nc(NN)c1C. The number of nitrogens with one attached hydrogen (secondary N) is 1. The molecule has 1 heterocycles. The normalized spacial score (nSPS) is 11.6. The van der Waals surface area contributed by atoms with E-state index in [1.807, 2.05) is 0 Å². The van der Waals surface area contributed by atoms with Crippen LogP contribution in [0, 0.1) is 13.8 Å². The van der Waals surface area contributed by atoms with Crippen LogP contribution in [0.2, 0.25) is 0 Å². The Balaban J connectivity index is 2.86.